The zero-order chi connectivity index (χ0) is 26.4. The van der Waals surface area contributed by atoms with Crippen LogP contribution in [0.15, 0.2) is 0 Å². The van der Waals surface area contributed by atoms with Crippen molar-refractivity contribution < 1.29 is 54.0 Å². The number of hydrogen-bond donors (Lipinski definition) is 9. The van der Waals surface area contributed by atoms with E-state index in [2.05, 4.69) is 10.6 Å². The summed E-state index contributed by atoms with van der Waals surface area (Å²) < 4.78 is 0. The number of aliphatic hydroxyl groups excluding tert-OH is 1. The normalized spacial score (nSPS) is 14.1. The Bertz CT molecular complexity index is 788. The summed E-state index contributed by atoms with van der Waals surface area (Å²) in [7, 11) is 0. The lowest BCUT2D eigenvalue weighted by Gasteiger charge is -2.24. The molecule has 0 bridgehead atoms. The average Bonchev–Trinajstić information content (AvgIpc) is 2.74. The molecule has 0 aliphatic rings. The second kappa shape index (κ2) is 15.1. The van der Waals surface area contributed by atoms with Gasteiger partial charge in [-0.05, 0) is 19.3 Å². The van der Waals surface area contributed by atoms with E-state index in [9.17, 15) is 38.7 Å². The fourth-order valence-corrected chi connectivity index (χ4v) is 2.51. The van der Waals surface area contributed by atoms with Crippen molar-refractivity contribution >= 4 is 41.5 Å². The maximum atomic E-state index is 12.6. The quantitative estimate of drug-likeness (QED) is 0.0936. The van der Waals surface area contributed by atoms with Crippen molar-refractivity contribution in [2.45, 2.75) is 62.7 Å². The molecule has 0 aromatic carbocycles. The van der Waals surface area contributed by atoms with Crippen LogP contribution in [0.2, 0.25) is 0 Å². The Kier molecular flexibility index (Phi) is 13.4. The Balaban J connectivity index is 5.29. The third kappa shape index (κ3) is 12.3. The zero-order valence-corrected chi connectivity index (χ0v) is 18.1. The van der Waals surface area contributed by atoms with E-state index < -0.39 is 91.6 Å². The predicted octanol–water partition coefficient (Wildman–Crippen LogP) is -4.16. The number of carbonyl (C=O) groups excluding carboxylic acids is 4. The van der Waals surface area contributed by atoms with Crippen LogP contribution in [0, 0.1) is 0 Å². The van der Waals surface area contributed by atoms with E-state index in [1.54, 1.807) is 0 Å². The minimum atomic E-state index is -1.69. The number of primary amides is 1. The van der Waals surface area contributed by atoms with Gasteiger partial charge in [0.1, 0.15) is 18.1 Å². The van der Waals surface area contributed by atoms with Crippen LogP contribution in [0.25, 0.3) is 0 Å². The first kappa shape index (κ1) is 30.2. The third-order valence-electron chi connectivity index (χ3n) is 4.40. The summed E-state index contributed by atoms with van der Waals surface area (Å²) in [6.07, 6.45) is -2.43. The smallest absolute Gasteiger partial charge is 0.326 e. The van der Waals surface area contributed by atoms with Gasteiger partial charge < -0.3 is 47.8 Å². The molecule has 0 radical (unpaired) electrons. The van der Waals surface area contributed by atoms with Crippen molar-refractivity contribution in [3.63, 3.8) is 0 Å². The van der Waals surface area contributed by atoms with Crippen molar-refractivity contribution in [1.29, 1.82) is 0 Å². The molecule has 0 saturated heterocycles. The maximum Gasteiger partial charge on any atom is 0.326 e. The molecule has 0 spiro atoms. The van der Waals surface area contributed by atoms with Gasteiger partial charge in [-0.1, -0.05) is 0 Å². The number of carbonyl (C=O) groups is 7. The van der Waals surface area contributed by atoms with Crippen molar-refractivity contribution in [2.24, 2.45) is 11.5 Å². The number of aliphatic hydroxyl groups is 1. The van der Waals surface area contributed by atoms with Crippen molar-refractivity contribution in [3.05, 3.63) is 0 Å². The molecule has 0 aliphatic heterocycles. The first-order valence-electron chi connectivity index (χ1n) is 10.0. The van der Waals surface area contributed by atoms with Crippen LogP contribution in [0.1, 0.15) is 38.5 Å². The second-order valence-electron chi connectivity index (χ2n) is 7.18. The summed E-state index contributed by atoms with van der Waals surface area (Å²) in [5.74, 6) is -8.00. The SMILES string of the molecule is NC(=O)CCC(NC(=O)C(CO)NC(=O)C(CCC(=O)O)NC(=O)C(N)CCC(=O)O)C(=O)O. The van der Waals surface area contributed by atoms with Gasteiger partial charge in [0, 0.05) is 19.3 Å². The van der Waals surface area contributed by atoms with E-state index in [0.717, 1.165) is 0 Å². The van der Waals surface area contributed by atoms with Gasteiger partial charge in [0.05, 0.1) is 12.6 Å². The van der Waals surface area contributed by atoms with Gasteiger partial charge in [0.25, 0.3) is 0 Å². The molecule has 0 aliphatic carbocycles. The van der Waals surface area contributed by atoms with Crippen LogP contribution < -0.4 is 27.4 Å². The number of nitrogens with one attached hydrogen (secondary N) is 3. The van der Waals surface area contributed by atoms with Crippen molar-refractivity contribution in [2.75, 3.05) is 6.61 Å². The molecule has 4 unspecified atom stereocenters. The monoisotopic (exact) mass is 491 g/mol. The highest BCUT2D eigenvalue weighted by Crippen LogP contribution is 2.03. The summed E-state index contributed by atoms with van der Waals surface area (Å²) >= 11 is 0. The Hall–Kier alpha value is -3.79. The molecule has 192 valence electrons. The van der Waals surface area contributed by atoms with Crippen molar-refractivity contribution in [3.8, 4) is 0 Å². The standard InChI is InChI=1S/C18H29N5O11/c19-8(1-5-13(26)27)15(30)21-9(3-6-14(28)29)16(31)23-11(7-24)17(32)22-10(18(33)34)2-4-12(20)25/h8-11,24H,1-7,19H2,(H2,20,25)(H,21,30)(H,22,32)(H,23,31)(H,26,27)(H,28,29)(H,33,34). The molecule has 16 nitrogen and oxygen atoms in total. The summed E-state index contributed by atoms with van der Waals surface area (Å²) in [5, 5.41) is 42.4. The van der Waals surface area contributed by atoms with E-state index in [0.29, 0.717) is 0 Å². The molecule has 0 heterocycles. The Morgan fingerprint density at radius 3 is 1.56 bits per heavy atom. The minimum absolute atomic E-state index is 0.266. The third-order valence-corrected chi connectivity index (χ3v) is 4.40. The molecule has 0 aromatic rings. The van der Waals surface area contributed by atoms with Gasteiger partial charge in [-0.3, -0.25) is 28.8 Å². The number of hydrogen-bond acceptors (Lipinski definition) is 9. The molecule has 4 atom stereocenters. The number of amides is 4. The van der Waals surface area contributed by atoms with Gasteiger partial charge in [-0.15, -0.1) is 0 Å². The van der Waals surface area contributed by atoms with E-state index in [4.69, 9.17) is 26.8 Å². The number of carboxylic acids is 3. The molecule has 34 heavy (non-hydrogen) atoms. The van der Waals surface area contributed by atoms with E-state index in [-0.39, 0.29) is 19.3 Å². The van der Waals surface area contributed by atoms with Gasteiger partial charge >= 0.3 is 17.9 Å². The van der Waals surface area contributed by atoms with Gasteiger partial charge in [-0.2, -0.15) is 0 Å². The lowest BCUT2D eigenvalue weighted by molar-refractivity contribution is -0.143. The summed E-state index contributed by atoms with van der Waals surface area (Å²) in [6, 6.07) is -6.09. The average molecular weight is 491 g/mol. The molecule has 16 heteroatoms. The lowest BCUT2D eigenvalue weighted by Crippen LogP contribution is -2.58. The molecular weight excluding hydrogens is 462 g/mol. The van der Waals surface area contributed by atoms with Crippen molar-refractivity contribution in [1.82, 2.24) is 16.0 Å². The lowest BCUT2D eigenvalue weighted by atomic mass is 10.1. The zero-order valence-electron chi connectivity index (χ0n) is 18.1. The highest BCUT2D eigenvalue weighted by molar-refractivity contribution is 5.94. The minimum Gasteiger partial charge on any atom is -0.481 e. The van der Waals surface area contributed by atoms with Gasteiger partial charge in [0.2, 0.25) is 23.6 Å². The van der Waals surface area contributed by atoms with Crippen LogP contribution in [-0.2, 0) is 33.6 Å². The summed E-state index contributed by atoms with van der Waals surface area (Å²) in [4.78, 5) is 80.6. The Morgan fingerprint density at radius 2 is 1.09 bits per heavy atom. The van der Waals surface area contributed by atoms with Crippen LogP contribution in [0.5, 0.6) is 0 Å². The predicted molar refractivity (Wildman–Crippen MR) is 111 cm³/mol. The molecule has 0 fully saturated rings. The fraction of sp³-hybridized carbons (Fsp3) is 0.611. The Morgan fingerprint density at radius 1 is 0.647 bits per heavy atom. The van der Waals surface area contributed by atoms with Crippen LogP contribution in [0.4, 0.5) is 0 Å². The highest BCUT2D eigenvalue weighted by Gasteiger charge is 2.30. The molecular formula is C18H29N5O11. The fourth-order valence-electron chi connectivity index (χ4n) is 2.51. The number of carboxylic acid groups (broad SMARTS) is 3. The second-order valence-corrected chi connectivity index (χ2v) is 7.18. The summed E-state index contributed by atoms with van der Waals surface area (Å²) in [6.45, 7) is -0.989. The molecule has 0 rings (SSSR count). The van der Waals surface area contributed by atoms with Crippen LogP contribution in [0.3, 0.4) is 0 Å². The first-order valence-corrected chi connectivity index (χ1v) is 10.0. The number of aliphatic carboxylic acids is 3. The van der Waals surface area contributed by atoms with Gasteiger partial charge in [0.15, 0.2) is 0 Å². The van der Waals surface area contributed by atoms with E-state index in [1.807, 2.05) is 5.32 Å². The largest absolute Gasteiger partial charge is 0.481 e. The topological polar surface area (TPSA) is 289 Å². The molecule has 0 saturated carbocycles. The van der Waals surface area contributed by atoms with Gasteiger partial charge in [-0.25, -0.2) is 4.79 Å². The highest BCUT2D eigenvalue weighted by atomic mass is 16.4. The summed E-state index contributed by atoms with van der Waals surface area (Å²) in [5.41, 5.74) is 10.5. The molecule has 4 amide bonds. The van der Waals surface area contributed by atoms with E-state index in [1.165, 1.54) is 0 Å². The first-order chi connectivity index (χ1) is 15.8. The maximum absolute atomic E-state index is 12.6. The Labute approximate surface area is 193 Å². The number of rotatable bonds is 17. The number of nitrogens with two attached hydrogens (primary N) is 2. The van der Waals surface area contributed by atoms with Crippen LogP contribution >= 0.6 is 0 Å². The van der Waals surface area contributed by atoms with Crippen LogP contribution in [-0.4, -0.2) is 92.7 Å². The molecule has 11 N–H and O–H groups in total. The molecule has 0 aromatic heterocycles. The van der Waals surface area contributed by atoms with E-state index >= 15 is 0 Å².